The minimum absolute atomic E-state index is 0.257. The van der Waals surface area contributed by atoms with Crippen LogP contribution in [0.15, 0.2) is 11.1 Å². The predicted octanol–water partition coefficient (Wildman–Crippen LogP) is 0.112. The molecule has 2 N–H and O–H groups in total. The van der Waals surface area contributed by atoms with Crippen LogP contribution in [0, 0.1) is 0 Å². The lowest BCUT2D eigenvalue weighted by Crippen LogP contribution is -2.29. The van der Waals surface area contributed by atoms with Crippen LogP contribution < -0.4 is 5.32 Å². The van der Waals surface area contributed by atoms with E-state index < -0.39 is 12.6 Å². The molecule has 0 saturated carbocycles. The number of halogens is 1. The van der Waals surface area contributed by atoms with Crippen molar-refractivity contribution in [1.82, 2.24) is 5.32 Å². The molecule has 0 aromatic carbocycles. The number of hydrogen-bond donors (Lipinski definition) is 2. The van der Waals surface area contributed by atoms with Crippen LogP contribution in [0.4, 0.5) is 0 Å². The van der Waals surface area contributed by atoms with E-state index in [0.717, 1.165) is 0 Å². The van der Waals surface area contributed by atoms with Crippen molar-refractivity contribution < 1.29 is 19.4 Å². The lowest BCUT2D eigenvalue weighted by Gasteiger charge is -2.03. The molecule has 0 rings (SSSR count). The number of rotatable bonds is 6. The van der Waals surface area contributed by atoms with Crippen molar-refractivity contribution in [2.24, 2.45) is 0 Å². The highest BCUT2D eigenvalue weighted by Crippen LogP contribution is 1.96. The maximum absolute atomic E-state index is 10.8. The fraction of sp³-hybridized carbons (Fsp3) is 0.429. The fourth-order valence-electron chi connectivity index (χ4n) is 0.477. The molecular weight excluding hydrogens is 242 g/mol. The Bertz CT molecular complexity index is 217. The minimum atomic E-state index is -1.10. The van der Waals surface area contributed by atoms with E-state index in [1.165, 1.54) is 0 Å². The number of ether oxygens (including phenoxy) is 1. The van der Waals surface area contributed by atoms with Gasteiger partial charge >= 0.3 is 5.97 Å². The Balaban J connectivity index is 3.41. The highest BCUT2D eigenvalue weighted by molar-refractivity contribution is 9.11. The molecule has 1 amide bonds. The van der Waals surface area contributed by atoms with Crippen LogP contribution in [0.2, 0.25) is 0 Å². The number of carbonyl (C=O) groups excluding carboxylic acids is 1. The summed E-state index contributed by atoms with van der Waals surface area (Å²) in [6.07, 6.45) is 0. The van der Waals surface area contributed by atoms with Crippen molar-refractivity contribution in [3.05, 3.63) is 11.1 Å². The van der Waals surface area contributed by atoms with Crippen LogP contribution in [-0.2, 0) is 14.3 Å². The summed E-state index contributed by atoms with van der Waals surface area (Å²) in [4.78, 5) is 20.8. The maximum Gasteiger partial charge on any atom is 0.329 e. The number of aliphatic carboxylic acids is 1. The summed E-state index contributed by atoms with van der Waals surface area (Å²) in [6, 6.07) is 0. The smallest absolute Gasteiger partial charge is 0.329 e. The largest absolute Gasteiger partial charge is 0.480 e. The molecule has 0 aliphatic rings. The average molecular weight is 252 g/mol. The van der Waals surface area contributed by atoms with E-state index in [4.69, 9.17) is 5.11 Å². The van der Waals surface area contributed by atoms with Crippen LogP contribution in [0.25, 0.3) is 0 Å². The Morgan fingerprint density at radius 1 is 1.46 bits per heavy atom. The Hall–Kier alpha value is -0.880. The van der Waals surface area contributed by atoms with E-state index in [9.17, 15) is 9.59 Å². The molecule has 0 atom stereocenters. The predicted molar refractivity (Wildman–Crippen MR) is 49.5 cm³/mol. The van der Waals surface area contributed by atoms with Gasteiger partial charge < -0.3 is 15.2 Å². The molecule has 5 nitrogen and oxygen atoms in total. The van der Waals surface area contributed by atoms with Gasteiger partial charge in [0.05, 0.1) is 0 Å². The molecule has 74 valence electrons. The summed E-state index contributed by atoms with van der Waals surface area (Å²) in [5, 5.41) is 10.6. The molecule has 0 fully saturated rings. The third kappa shape index (κ3) is 9.03. The summed E-state index contributed by atoms with van der Waals surface area (Å²) in [5.41, 5.74) is 0. The second-order valence-electron chi connectivity index (χ2n) is 2.18. The second-order valence-corrected chi connectivity index (χ2v) is 3.30. The normalized spacial score (nSPS) is 9.31. The van der Waals surface area contributed by atoms with Crippen molar-refractivity contribution in [1.29, 1.82) is 0 Å². The zero-order chi connectivity index (χ0) is 10.3. The van der Waals surface area contributed by atoms with E-state index >= 15 is 0 Å². The van der Waals surface area contributed by atoms with Gasteiger partial charge in [-0.25, -0.2) is 4.79 Å². The molecule has 0 saturated heterocycles. The van der Waals surface area contributed by atoms with E-state index in [1.807, 2.05) is 0 Å². The molecular formula is C7H10BrNO4. The molecule has 6 heteroatoms. The van der Waals surface area contributed by atoms with Crippen LogP contribution >= 0.6 is 15.9 Å². The number of carbonyl (C=O) groups is 2. The molecule has 0 aromatic heterocycles. The number of hydrogen-bond acceptors (Lipinski definition) is 3. The summed E-state index contributed by atoms with van der Waals surface area (Å²) in [6.45, 7) is 3.08. The zero-order valence-corrected chi connectivity index (χ0v) is 8.46. The van der Waals surface area contributed by atoms with Gasteiger partial charge in [-0.1, -0.05) is 22.5 Å². The molecule has 0 aromatic rings. The first-order valence-corrected chi connectivity index (χ1v) is 4.21. The van der Waals surface area contributed by atoms with Gasteiger partial charge in [-0.05, 0) is 0 Å². The number of nitrogens with one attached hydrogen (secondary N) is 1. The standard InChI is InChI=1S/C7H10BrNO4/c1-5(8)2-9-6(10)3-13-4-7(11)12/h1-4H2,(H,9,10)(H,11,12). The van der Waals surface area contributed by atoms with E-state index in [-0.39, 0.29) is 12.5 Å². The zero-order valence-electron chi connectivity index (χ0n) is 6.88. The average Bonchev–Trinajstić information content (AvgIpc) is 2.00. The van der Waals surface area contributed by atoms with Gasteiger partial charge in [0.15, 0.2) is 0 Å². The molecule has 0 aliphatic carbocycles. The maximum atomic E-state index is 10.8. The highest BCUT2D eigenvalue weighted by atomic mass is 79.9. The lowest BCUT2D eigenvalue weighted by atomic mass is 10.5. The summed E-state index contributed by atoms with van der Waals surface area (Å²) in [5.74, 6) is -1.47. The quantitative estimate of drug-likeness (QED) is 0.703. The Labute approximate surface area is 83.9 Å². The first-order chi connectivity index (χ1) is 6.02. The number of amides is 1. The van der Waals surface area contributed by atoms with E-state index in [1.54, 1.807) is 0 Å². The molecule has 0 spiro atoms. The SMILES string of the molecule is C=C(Br)CNC(=O)COCC(=O)O. The Kier molecular flexibility index (Phi) is 6.17. The van der Waals surface area contributed by atoms with Gasteiger partial charge in [0.2, 0.25) is 5.91 Å². The van der Waals surface area contributed by atoms with E-state index in [0.29, 0.717) is 11.0 Å². The highest BCUT2D eigenvalue weighted by Gasteiger charge is 2.02. The summed E-state index contributed by atoms with van der Waals surface area (Å²) in [7, 11) is 0. The summed E-state index contributed by atoms with van der Waals surface area (Å²) >= 11 is 3.05. The van der Waals surface area contributed by atoms with Gasteiger partial charge in [-0.15, -0.1) is 0 Å². The van der Waals surface area contributed by atoms with Crippen LogP contribution in [0.1, 0.15) is 0 Å². The molecule has 0 heterocycles. The van der Waals surface area contributed by atoms with Gasteiger partial charge in [0.1, 0.15) is 13.2 Å². The first kappa shape index (κ1) is 12.1. The molecule has 0 radical (unpaired) electrons. The van der Waals surface area contributed by atoms with Crippen molar-refractivity contribution in [2.45, 2.75) is 0 Å². The van der Waals surface area contributed by atoms with Crippen molar-refractivity contribution in [3.63, 3.8) is 0 Å². The minimum Gasteiger partial charge on any atom is -0.480 e. The van der Waals surface area contributed by atoms with Gasteiger partial charge in [-0.2, -0.15) is 0 Å². The van der Waals surface area contributed by atoms with Crippen LogP contribution in [0.3, 0.4) is 0 Å². The molecule has 0 unspecified atom stereocenters. The number of carboxylic acids is 1. The van der Waals surface area contributed by atoms with Crippen molar-refractivity contribution in [2.75, 3.05) is 19.8 Å². The second kappa shape index (κ2) is 6.62. The van der Waals surface area contributed by atoms with Crippen LogP contribution in [-0.4, -0.2) is 36.7 Å². The fourth-order valence-corrected chi connectivity index (χ4v) is 0.617. The third-order valence-corrected chi connectivity index (χ3v) is 1.22. The van der Waals surface area contributed by atoms with Crippen molar-refractivity contribution in [3.8, 4) is 0 Å². The third-order valence-electron chi connectivity index (χ3n) is 0.936. The monoisotopic (exact) mass is 251 g/mol. The Morgan fingerprint density at radius 3 is 2.54 bits per heavy atom. The van der Waals surface area contributed by atoms with Crippen molar-refractivity contribution >= 4 is 27.8 Å². The van der Waals surface area contributed by atoms with E-state index in [2.05, 4.69) is 32.6 Å². The molecule has 13 heavy (non-hydrogen) atoms. The molecule has 0 bridgehead atoms. The Morgan fingerprint density at radius 2 is 2.08 bits per heavy atom. The van der Waals surface area contributed by atoms with Gasteiger partial charge in [-0.3, -0.25) is 4.79 Å². The number of carboxylic acid groups (broad SMARTS) is 1. The topological polar surface area (TPSA) is 75.6 Å². The lowest BCUT2D eigenvalue weighted by molar-refractivity contribution is -0.143. The van der Waals surface area contributed by atoms with Crippen LogP contribution in [0.5, 0.6) is 0 Å². The van der Waals surface area contributed by atoms with Gasteiger partial charge in [0.25, 0.3) is 0 Å². The summed E-state index contributed by atoms with van der Waals surface area (Å²) < 4.78 is 5.17. The van der Waals surface area contributed by atoms with Gasteiger partial charge in [0, 0.05) is 11.0 Å². The first-order valence-electron chi connectivity index (χ1n) is 3.42. The molecule has 0 aliphatic heterocycles.